The van der Waals surface area contributed by atoms with Gasteiger partial charge in [0.1, 0.15) is 17.6 Å². The smallest absolute Gasteiger partial charge is 0.320 e. The fourth-order valence-corrected chi connectivity index (χ4v) is 5.71. The van der Waals surface area contributed by atoms with Crippen molar-refractivity contribution in [2.24, 2.45) is 5.73 Å². The van der Waals surface area contributed by atoms with Crippen LogP contribution in [0.2, 0.25) is 0 Å². The van der Waals surface area contributed by atoms with E-state index >= 15 is 0 Å². The molecule has 3 N–H and O–H groups in total. The van der Waals surface area contributed by atoms with Crippen molar-refractivity contribution in [2.45, 2.75) is 12.5 Å². The van der Waals surface area contributed by atoms with Gasteiger partial charge in [-0.1, -0.05) is 0 Å². The van der Waals surface area contributed by atoms with Gasteiger partial charge in [-0.05, 0) is 127 Å². The lowest BCUT2D eigenvalue weighted by Crippen LogP contribution is -2.32. The third-order valence-corrected chi connectivity index (χ3v) is 6.18. The predicted molar refractivity (Wildman–Crippen MR) is 123 cm³/mol. The summed E-state index contributed by atoms with van der Waals surface area (Å²) >= 11 is 8.12. The molecule has 0 aromatic heterocycles. The van der Waals surface area contributed by atoms with Crippen molar-refractivity contribution < 1.29 is 19.0 Å². The Balaban J connectivity index is 2.30. The monoisotopic (exact) mass is 779 g/mol. The van der Waals surface area contributed by atoms with Crippen LogP contribution in [0.15, 0.2) is 24.3 Å². The van der Waals surface area contributed by atoms with E-state index in [1.165, 1.54) is 0 Å². The molecular weight excluding hydrogens is 769 g/mol. The zero-order valence-electron chi connectivity index (χ0n) is 11.8. The number of halogens is 5. The van der Waals surface area contributed by atoms with Crippen LogP contribution >= 0.6 is 90.4 Å². The summed E-state index contributed by atoms with van der Waals surface area (Å²) in [7, 11) is 0. The van der Waals surface area contributed by atoms with Crippen LogP contribution in [-0.2, 0) is 11.2 Å². The summed E-state index contributed by atoms with van der Waals surface area (Å²) in [6, 6.07) is 6.03. The van der Waals surface area contributed by atoms with Gasteiger partial charge in [-0.25, -0.2) is 4.39 Å². The lowest BCUT2D eigenvalue weighted by molar-refractivity contribution is -0.138. The SMILES string of the molecule is NC(Cc1cc(I)c(Oc2cc(I)c(F)c(I)c2)c(I)c1)C(=O)O. The van der Waals surface area contributed by atoms with Gasteiger partial charge in [0.05, 0.1) is 14.3 Å². The average Bonchev–Trinajstić information content (AvgIpc) is 2.48. The van der Waals surface area contributed by atoms with Crippen molar-refractivity contribution in [3.05, 3.63) is 49.9 Å². The number of rotatable bonds is 5. The summed E-state index contributed by atoms with van der Waals surface area (Å²) < 4.78 is 22.3. The third-order valence-electron chi connectivity index (χ3n) is 3.01. The van der Waals surface area contributed by atoms with E-state index in [1.54, 1.807) is 12.1 Å². The number of ether oxygens (including phenoxy) is 1. The highest BCUT2D eigenvalue weighted by Crippen LogP contribution is 2.35. The second-order valence-electron chi connectivity index (χ2n) is 4.84. The van der Waals surface area contributed by atoms with Crippen LogP contribution in [0, 0.1) is 20.1 Å². The minimum atomic E-state index is -1.03. The summed E-state index contributed by atoms with van der Waals surface area (Å²) in [4.78, 5) is 10.9. The number of carboxylic acid groups (broad SMARTS) is 1. The molecule has 0 aliphatic carbocycles. The maximum absolute atomic E-state index is 13.7. The molecule has 1 atom stereocenters. The molecule has 0 saturated heterocycles. The molecule has 0 bridgehead atoms. The first-order valence-electron chi connectivity index (χ1n) is 6.47. The van der Waals surface area contributed by atoms with Crippen molar-refractivity contribution in [3.8, 4) is 11.5 Å². The molecule has 0 radical (unpaired) electrons. The zero-order chi connectivity index (χ0) is 18.0. The van der Waals surface area contributed by atoms with Crippen LogP contribution in [0.25, 0.3) is 0 Å². The fraction of sp³-hybridized carbons (Fsp3) is 0.133. The lowest BCUT2D eigenvalue weighted by atomic mass is 10.1. The quantitative estimate of drug-likeness (QED) is 0.332. The highest BCUT2D eigenvalue weighted by atomic mass is 127. The highest BCUT2D eigenvalue weighted by Gasteiger charge is 2.16. The Labute approximate surface area is 192 Å². The molecule has 0 spiro atoms. The summed E-state index contributed by atoms with van der Waals surface area (Å²) in [6.45, 7) is 0. The lowest BCUT2D eigenvalue weighted by Gasteiger charge is -2.14. The standard InChI is InChI=1S/C15H10FI4NO3/c16-13-8(17)4-7(5-9(13)18)24-14-10(19)1-6(2-11(14)20)3-12(21)15(22)23/h1-2,4-5,12H,3,21H2,(H,22,23). The summed E-state index contributed by atoms with van der Waals surface area (Å²) in [5, 5.41) is 8.92. The number of benzene rings is 2. The van der Waals surface area contributed by atoms with E-state index in [1.807, 2.05) is 57.3 Å². The highest BCUT2D eigenvalue weighted by molar-refractivity contribution is 14.1. The first kappa shape index (κ1) is 20.8. The van der Waals surface area contributed by atoms with Gasteiger partial charge in [-0.2, -0.15) is 0 Å². The maximum atomic E-state index is 13.7. The number of aliphatic carboxylic acids is 1. The normalized spacial score (nSPS) is 12.1. The Hall–Kier alpha value is 0.520. The molecule has 0 fully saturated rings. The van der Waals surface area contributed by atoms with Crippen LogP contribution in [0.1, 0.15) is 5.56 Å². The van der Waals surface area contributed by atoms with Crippen molar-refractivity contribution in [1.82, 2.24) is 0 Å². The molecule has 2 rings (SSSR count). The summed E-state index contributed by atoms with van der Waals surface area (Å²) in [6.07, 6.45) is 0.244. The van der Waals surface area contributed by atoms with Gasteiger partial charge in [0, 0.05) is 0 Å². The molecule has 0 heterocycles. The topological polar surface area (TPSA) is 72.5 Å². The molecule has 0 aliphatic heterocycles. The molecule has 0 amide bonds. The molecule has 4 nitrogen and oxygen atoms in total. The minimum Gasteiger partial charge on any atom is -0.480 e. The van der Waals surface area contributed by atoms with Gasteiger partial charge >= 0.3 is 5.97 Å². The van der Waals surface area contributed by atoms with E-state index in [0.717, 1.165) is 12.7 Å². The Kier molecular flexibility index (Phi) is 7.76. The molecule has 2 aromatic rings. The fourth-order valence-electron chi connectivity index (χ4n) is 1.88. The van der Waals surface area contributed by atoms with Gasteiger partial charge in [0.2, 0.25) is 0 Å². The van der Waals surface area contributed by atoms with E-state index in [0.29, 0.717) is 18.6 Å². The van der Waals surface area contributed by atoms with Gasteiger partial charge in [0.25, 0.3) is 0 Å². The Morgan fingerprint density at radius 1 is 1.08 bits per heavy atom. The Morgan fingerprint density at radius 3 is 2.04 bits per heavy atom. The van der Waals surface area contributed by atoms with Gasteiger partial charge < -0.3 is 15.6 Å². The zero-order valence-corrected chi connectivity index (χ0v) is 20.5. The van der Waals surface area contributed by atoms with Gasteiger partial charge in [-0.3, -0.25) is 4.79 Å². The van der Waals surface area contributed by atoms with Crippen LogP contribution in [0.4, 0.5) is 4.39 Å². The molecule has 0 aliphatic rings. The van der Waals surface area contributed by atoms with Crippen LogP contribution in [0.3, 0.4) is 0 Å². The molecule has 2 aromatic carbocycles. The molecule has 128 valence electrons. The van der Waals surface area contributed by atoms with Crippen molar-refractivity contribution >= 4 is 96.3 Å². The maximum Gasteiger partial charge on any atom is 0.320 e. The second-order valence-corrected chi connectivity index (χ2v) is 9.49. The molecule has 9 heteroatoms. The molecule has 24 heavy (non-hydrogen) atoms. The van der Waals surface area contributed by atoms with E-state index in [-0.39, 0.29) is 12.2 Å². The molecule has 1 unspecified atom stereocenters. The number of hydrogen-bond donors (Lipinski definition) is 2. The third kappa shape index (κ3) is 5.26. The second kappa shape index (κ2) is 8.94. The Morgan fingerprint density at radius 2 is 1.58 bits per heavy atom. The largest absolute Gasteiger partial charge is 0.480 e. The summed E-state index contributed by atoms with van der Waals surface area (Å²) in [5.74, 6) is -0.0835. The number of nitrogens with two attached hydrogens (primary N) is 1. The van der Waals surface area contributed by atoms with Crippen molar-refractivity contribution in [1.29, 1.82) is 0 Å². The predicted octanol–water partition coefficient (Wildman–Crippen LogP) is 4.99. The van der Waals surface area contributed by atoms with Crippen LogP contribution < -0.4 is 10.5 Å². The molecule has 0 saturated carbocycles. The van der Waals surface area contributed by atoms with Gasteiger partial charge in [0.15, 0.2) is 5.75 Å². The average molecular weight is 779 g/mol. The van der Waals surface area contributed by atoms with E-state index in [4.69, 9.17) is 15.6 Å². The van der Waals surface area contributed by atoms with Crippen LogP contribution in [0.5, 0.6) is 11.5 Å². The van der Waals surface area contributed by atoms with Crippen molar-refractivity contribution in [2.75, 3.05) is 0 Å². The Bertz CT molecular complexity index is 754. The van der Waals surface area contributed by atoms with Crippen molar-refractivity contribution in [3.63, 3.8) is 0 Å². The number of carboxylic acids is 1. The summed E-state index contributed by atoms with van der Waals surface area (Å²) in [5.41, 5.74) is 6.41. The van der Waals surface area contributed by atoms with Gasteiger partial charge in [-0.15, -0.1) is 0 Å². The van der Waals surface area contributed by atoms with E-state index < -0.39 is 12.0 Å². The number of hydrogen-bond acceptors (Lipinski definition) is 3. The minimum absolute atomic E-state index is 0.244. The molecular formula is C15H10FI4NO3. The number of carbonyl (C=O) groups is 1. The van der Waals surface area contributed by atoms with Crippen LogP contribution in [-0.4, -0.2) is 17.1 Å². The first-order valence-corrected chi connectivity index (χ1v) is 10.8. The first-order chi connectivity index (χ1) is 11.2. The van der Waals surface area contributed by atoms with E-state index in [9.17, 15) is 9.18 Å². The van der Waals surface area contributed by atoms with E-state index in [2.05, 4.69) is 45.2 Å².